The Labute approximate surface area is 203 Å². The Balaban J connectivity index is 1.87. The molecule has 0 heterocycles. The van der Waals surface area contributed by atoms with Gasteiger partial charge >= 0.3 is 0 Å². The van der Waals surface area contributed by atoms with Gasteiger partial charge in [0, 0.05) is 5.69 Å². The Morgan fingerprint density at radius 3 is 2.36 bits per heavy atom. The Morgan fingerprint density at radius 1 is 1.00 bits per heavy atom. The molecular formula is C24H24Cl2N2O4S. The van der Waals surface area contributed by atoms with Crippen LogP contribution in [0.2, 0.25) is 10.0 Å². The van der Waals surface area contributed by atoms with Crippen LogP contribution in [0, 0.1) is 6.92 Å². The molecule has 2 N–H and O–H groups in total. The summed E-state index contributed by atoms with van der Waals surface area (Å²) in [4.78, 5) is 13.1. The molecule has 3 aromatic carbocycles. The fourth-order valence-electron chi connectivity index (χ4n) is 3.20. The molecule has 0 aliphatic heterocycles. The Morgan fingerprint density at radius 2 is 1.73 bits per heavy atom. The minimum absolute atomic E-state index is 0.0452. The first-order chi connectivity index (χ1) is 15.7. The standard InChI is InChI=1S/C24H24Cl2N2O4S/c1-3-32-23-12-10-19(13-16(23)2)33(30,31)28-22(14-17-7-5-4-6-8-17)24(29)27-18-9-11-20(25)21(26)15-18/h4-13,15,22,28H,3,14H2,1-2H3,(H,27,29)/t22-/m0/s1. The minimum atomic E-state index is -4.00. The third kappa shape index (κ3) is 6.71. The molecule has 0 fully saturated rings. The molecule has 0 spiro atoms. The molecule has 1 amide bonds. The maximum Gasteiger partial charge on any atom is 0.242 e. The molecule has 1 atom stereocenters. The summed E-state index contributed by atoms with van der Waals surface area (Å²) in [6, 6.07) is 17.3. The highest BCUT2D eigenvalue weighted by atomic mass is 35.5. The number of halogens is 2. The highest BCUT2D eigenvalue weighted by Gasteiger charge is 2.27. The van der Waals surface area contributed by atoms with Crippen molar-refractivity contribution in [2.24, 2.45) is 0 Å². The first-order valence-corrected chi connectivity index (χ1v) is 12.5. The lowest BCUT2D eigenvalue weighted by Crippen LogP contribution is -2.45. The molecule has 3 rings (SSSR count). The van der Waals surface area contributed by atoms with Crippen molar-refractivity contribution < 1.29 is 17.9 Å². The van der Waals surface area contributed by atoms with E-state index in [9.17, 15) is 13.2 Å². The van der Waals surface area contributed by atoms with E-state index in [0.717, 1.165) is 5.56 Å². The summed E-state index contributed by atoms with van der Waals surface area (Å²) in [5, 5.41) is 3.34. The van der Waals surface area contributed by atoms with Crippen LogP contribution in [-0.4, -0.2) is 27.0 Å². The van der Waals surface area contributed by atoms with E-state index < -0.39 is 22.0 Å². The lowest BCUT2D eigenvalue weighted by molar-refractivity contribution is -0.117. The number of aryl methyl sites for hydroxylation is 1. The number of benzene rings is 3. The first-order valence-electron chi connectivity index (χ1n) is 10.2. The lowest BCUT2D eigenvalue weighted by atomic mass is 10.1. The van der Waals surface area contributed by atoms with E-state index in [-0.39, 0.29) is 16.3 Å². The van der Waals surface area contributed by atoms with Crippen molar-refractivity contribution in [3.05, 3.63) is 87.9 Å². The van der Waals surface area contributed by atoms with Crippen molar-refractivity contribution in [2.45, 2.75) is 31.2 Å². The summed E-state index contributed by atoms with van der Waals surface area (Å²) in [6.45, 7) is 4.09. The number of carbonyl (C=O) groups is 1. The smallest absolute Gasteiger partial charge is 0.242 e. The van der Waals surface area contributed by atoms with E-state index in [1.54, 1.807) is 25.1 Å². The second kappa shape index (κ2) is 11.0. The van der Waals surface area contributed by atoms with Crippen LogP contribution in [-0.2, 0) is 21.2 Å². The van der Waals surface area contributed by atoms with Gasteiger partial charge in [0.25, 0.3) is 0 Å². The molecule has 0 radical (unpaired) electrons. The molecule has 3 aromatic rings. The van der Waals surface area contributed by atoms with Crippen LogP contribution >= 0.6 is 23.2 Å². The Bertz CT molecular complexity index is 1230. The average Bonchev–Trinajstić information content (AvgIpc) is 2.78. The van der Waals surface area contributed by atoms with Crippen molar-refractivity contribution in [1.29, 1.82) is 0 Å². The van der Waals surface area contributed by atoms with Gasteiger partial charge in [-0.1, -0.05) is 53.5 Å². The number of hydrogen-bond acceptors (Lipinski definition) is 4. The van der Waals surface area contributed by atoms with Crippen LogP contribution < -0.4 is 14.8 Å². The second-order valence-electron chi connectivity index (χ2n) is 7.34. The Hall–Kier alpha value is -2.58. The number of anilines is 1. The number of sulfonamides is 1. The van der Waals surface area contributed by atoms with Crippen molar-refractivity contribution in [1.82, 2.24) is 4.72 Å². The predicted molar refractivity (Wildman–Crippen MR) is 132 cm³/mol. The van der Waals surface area contributed by atoms with Gasteiger partial charge in [-0.15, -0.1) is 0 Å². The predicted octanol–water partition coefficient (Wildman–Crippen LogP) is 5.23. The molecule has 6 nitrogen and oxygen atoms in total. The van der Waals surface area contributed by atoms with E-state index in [0.29, 0.717) is 28.6 Å². The van der Waals surface area contributed by atoms with Gasteiger partial charge in [-0.2, -0.15) is 4.72 Å². The molecule has 0 unspecified atom stereocenters. The first kappa shape index (κ1) is 25.1. The van der Waals surface area contributed by atoms with Crippen molar-refractivity contribution in [2.75, 3.05) is 11.9 Å². The molecule has 9 heteroatoms. The van der Waals surface area contributed by atoms with Crippen molar-refractivity contribution in [3.8, 4) is 5.75 Å². The van der Waals surface area contributed by atoms with Crippen LogP contribution in [0.25, 0.3) is 0 Å². The third-order valence-electron chi connectivity index (χ3n) is 4.84. The zero-order chi connectivity index (χ0) is 24.0. The SMILES string of the molecule is CCOc1ccc(S(=O)(=O)N[C@@H](Cc2ccccc2)C(=O)Nc2ccc(Cl)c(Cl)c2)cc1C. The van der Waals surface area contributed by atoms with Crippen LogP contribution in [0.4, 0.5) is 5.69 Å². The van der Waals surface area contributed by atoms with Gasteiger partial charge in [0.1, 0.15) is 11.8 Å². The van der Waals surface area contributed by atoms with Crippen LogP contribution in [0.3, 0.4) is 0 Å². The Kier molecular flexibility index (Phi) is 8.37. The molecule has 0 aromatic heterocycles. The highest BCUT2D eigenvalue weighted by Crippen LogP contribution is 2.26. The zero-order valence-electron chi connectivity index (χ0n) is 18.1. The zero-order valence-corrected chi connectivity index (χ0v) is 20.5. The monoisotopic (exact) mass is 506 g/mol. The molecule has 0 aliphatic carbocycles. The molecule has 0 saturated carbocycles. The topological polar surface area (TPSA) is 84.5 Å². The number of amides is 1. The van der Waals surface area contributed by atoms with Gasteiger partial charge in [0.2, 0.25) is 15.9 Å². The minimum Gasteiger partial charge on any atom is -0.494 e. The highest BCUT2D eigenvalue weighted by molar-refractivity contribution is 7.89. The van der Waals surface area contributed by atoms with E-state index in [4.69, 9.17) is 27.9 Å². The van der Waals surface area contributed by atoms with Crippen LogP contribution in [0.5, 0.6) is 5.75 Å². The van der Waals surface area contributed by atoms with Crippen LogP contribution in [0.1, 0.15) is 18.1 Å². The lowest BCUT2D eigenvalue weighted by Gasteiger charge is -2.19. The summed E-state index contributed by atoms with van der Waals surface area (Å²) in [7, 11) is -4.00. The summed E-state index contributed by atoms with van der Waals surface area (Å²) >= 11 is 12.0. The van der Waals surface area contributed by atoms with Gasteiger partial charge < -0.3 is 10.1 Å². The van der Waals surface area contributed by atoms with E-state index >= 15 is 0 Å². The summed E-state index contributed by atoms with van der Waals surface area (Å²) in [5.41, 5.74) is 1.89. The number of ether oxygens (including phenoxy) is 1. The van der Waals surface area contributed by atoms with Gasteiger partial charge in [0.05, 0.1) is 21.5 Å². The van der Waals surface area contributed by atoms with Gasteiger partial charge in [0.15, 0.2) is 0 Å². The second-order valence-corrected chi connectivity index (χ2v) is 9.87. The van der Waals surface area contributed by atoms with Gasteiger partial charge in [-0.25, -0.2) is 8.42 Å². The molecule has 174 valence electrons. The maximum atomic E-state index is 13.1. The third-order valence-corrected chi connectivity index (χ3v) is 7.05. The molecule has 0 saturated heterocycles. The molecule has 0 bridgehead atoms. The van der Waals surface area contributed by atoms with Gasteiger partial charge in [-0.3, -0.25) is 4.79 Å². The molecular weight excluding hydrogens is 483 g/mol. The fraction of sp³-hybridized carbons (Fsp3) is 0.208. The van der Waals surface area contributed by atoms with E-state index in [1.807, 2.05) is 37.3 Å². The van der Waals surface area contributed by atoms with Crippen molar-refractivity contribution in [3.63, 3.8) is 0 Å². The normalized spacial score (nSPS) is 12.2. The van der Waals surface area contributed by atoms with Crippen LogP contribution in [0.15, 0.2) is 71.6 Å². The van der Waals surface area contributed by atoms with Gasteiger partial charge in [-0.05, 0) is 67.8 Å². The summed E-state index contributed by atoms with van der Waals surface area (Å²) in [5.74, 6) is 0.0816. The van der Waals surface area contributed by atoms with E-state index in [2.05, 4.69) is 10.0 Å². The summed E-state index contributed by atoms with van der Waals surface area (Å²) in [6.07, 6.45) is 0.156. The van der Waals surface area contributed by atoms with E-state index in [1.165, 1.54) is 18.2 Å². The fourth-order valence-corrected chi connectivity index (χ4v) is 4.78. The largest absolute Gasteiger partial charge is 0.494 e. The van der Waals surface area contributed by atoms with Crippen molar-refractivity contribution >= 4 is 44.8 Å². The quantitative estimate of drug-likeness (QED) is 0.416. The average molecular weight is 507 g/mol. The number of rotatable bonds is 9. The molecule has 0 aliphatic rings. The molecule has 33 heavy (non-hydrogen) atoms. The number of carbonyl (C=O) groups excluding carboxylic acids is 1. The number of hydrogen-bond donors (Lipinski definition) is 2. The maximum absolute atomic E-state index is 13.1. The number of nitrogens with one attached hydrogen (secondary N) is 2. The summed E-state index contributed by atoms with van der Waals surface area (Å²) < 4.78 is 34.3.